The second-order valence-corrected chi connectivity index (χ2v) is 5.93. The summed E-state index contributed by atoms with van der Waals surface area (Å²) in [6.45, 7) is 1.67. The molecule has 0 fully saturated rings. The molecular weight excluding hydrogens is 379 g/mol. The SMILES string of the molecule is CCc1nc2cc([N+](=O)[O-])ccc2n(Cc2cccc(OC(F)(F)F)c2)c1=O. The monoisotopic (exact) mass is 393 g/mol. The summed E-state index contributed by atoms with van der Waals surface area (Å²) >= 11 is 0. The van der Waals surface area contributed by atoms with E-state index >= 15 is 0 Å². The van der Waals surface area contributed by atoms with Crippen LogP contribution in [0.5, 0.6) is 5.75 Å². The van der Waals surface area contributed by atoms with Crippen LogP contribution in [0, 0.1) is 10.1 Å². The maximum Gasteiger partial charge on any atom is 0.573 e. The van der Waals surface area contributed by atoms with E-state index in [2.05, 4.69) is 9.72 Å². The van der Waals surface area contributed by atoms with Crippen molar-refractivity contribution in [2.24, 2.45) is 0 Å². The van der Waals surface area contributed by atoms with Crippen LogP contribution in [-0.2, 0) is 13.0 Å². The van der Waals surface area contributed by atoms with E-state index in [9.17, 15) is 28.1 Å². The number of hydrogen-bond acceptors (Lipinski definition) is 5. The van der Waals surface area contributed by atoms with Crippen LogP contribution in [0.2, 0.25) is 0 Å². The molecule has 1 heterocycles. The number of alkyl halides is 3. The van der Waals surface area contributed by atoms with Gasteiger partial charge in [0.2, 0.25) is 0 Å². The normalized spacial score (nSPS) is 11.6. The number of non-ortho nitro benzene ring substituents is 1. The highest BCUT2D eigenvalue weighted by Gasteiger charge is 2.31. The summed E-state index contributed by atoms with van der Waals surface area (Å²) in [5.74, 6) is -0.400. The van der Waals surface area contributed by atoms with Crippen LogP contribution in [0.25, 0.3) is 11.0 Å². The molecule has 1 aromatic heterocycles. The van der Waals surface area contributed by atoms with E-state index in [1.165, 1.54) is 34.9 Å². The summed E-state index contributed by atoms with van der Waals surface area (Å²) in [6, 6.07) is 9.18. The Bertz CT molecular complexity index is 1110. The highest BCUT2D eigenvalue weighted by Crippen LogP contribution is 2.24. The molecule has 3 rings (SSSR count). The molecule has 0 unspecified atom stereocenters. The number of aromatic nitrogens is 2. The molecule has 2 aromatic carbocycles. The molecule has 0 spiro atoms. The van der Waals surface area contributed by atoms with Gasteiger partial charge in [-0.05, 0) is 30.2 Å². The summed E-state index contributed by atoms with van der Waals surface area (Å²) in [6.07, 6.45) is -4.53. The number of nitro benzene ring substituents is 1. The van der Waals surface area contributed by atoms with E-state index in [1.807, 2.05) is 0 Å². The van der Waals surface area contributed by atoms with Crippen LogP contribution in [0.4, 0.5) is 18.9 Å². The molecule has 3 aromatic rings. The predicted octanol–water partition coefficient (Wildman–Crippen LogP) is 3.81. The number of nitrogens with zero attached hydrogens (tertiary/aromatic N) is 3. The first-order valence-electron chi connectivity index (χ1n) is 8.20. The fourth-order valence-electron chi connectivity index (χ4n) is 2.81. The van der Waals surface area contributed by atoms with Gasteiger partial charge in [-0.2, -0.15) is 0 Å². The van der Waals surface area contributed by atoms with Crippen LogP contribution >= 0.6 is 0 Å². The molecule has 10 heteroatoms. The fraction of sp³-hybridized carbons (Fsp3) is 0.222. The lowest BCUT2D eigenvalue weighted by Crippen LogP contribution is -2.26. The Hall–Kier alpha value is -3.43. The van der Waals surface area contributed by atoms with Crippen molar-refractivity contribution in [3.05, 3.63) is 74.2 Å². The quantitative estimate of drug-likeness (QED) is 0.486. The minimum atomic E-state index is -4.83. The molecule has 7 nitrogen and oxygen atoms in total. The van der Waals surface area contributed by atoms with Gasteiger partial charge in [0.25, 0.3) is 11.2 Å². The van der Waals surface area contributed by atoms with Crippen molar-refractivity contribution in [2.45, 2.75) is 26.3 Å². The Balaban J connectivity index is 2.10. The third kappa shape index (κ3) is 4.11. The summed E-state index contributed by atoms with van der Waals surface area (Å²) in [5.41, 5.74) is 0.620. The molecule has 0 aliphatic heterocycles. The van der Waals surface area contributed by atoms with Gasteiger partial charge in [-0.3, -0.25) is 14.9 Å². The van der Waals surface area contributed by atoms with E-state index in [0.717, 1.165) is 6.07 Å². The lowest BCUT2D eigenvalue weighted by molar-refractivity contribution is -0.384. The van der Waals surface area contributed by atoms with Gasteiger partial charge in [-0.25, -0.2) is 4.98 Å². The third-order valence-electron chi connectivity index (χ3n) is 4.02. The first-order chi connectivity index (χ1) is 13.2. The molecule has 146 valence electrons. The van der Waals surface area contributed by atoms with Gasteiger partial charge in [0.15, 0.2) is 0 Å². The topological polar surface area (TPSA) is 87.3 Å². The van der Waals surface area contributed by atoms with E-state index < -0.39 is 22.6 Å². The number of hydrogen-bond donors (Lipinski definition) is 0. The smallest absolute Gasteiger partial charge is 0.406 e. The number of ether oxygens (including phenoxy) is 1. The van der Waals surface area contributed by atoms with Gasteiger partial charge in [0.05, 0.1) is 22.5 Å². The third-order valence-corrected chi connectivity index (χ3v) is 4.02. The van der Waals surface area contributed by atoms with E-state index in [1.54, 1.807) is 13.0 Å². The largest absolute Gasteiger partial charge is 0.573 e. The van der Waals surface area contributed by atoms with E-state index in [4.69, 9.17) is 0 Å². The Morgan fingerprint density at radius 3 is 2.61 bits per heavy atom. The minimum absolute atomic E-state index is 0.0439. The molecule has 0 amide bonds. The first kappa shape index (κ1) is 19.3. The number of aryl methyl sites for hydroxylation is 1. The highest BCUT2D eigenvalue weighted by atomic mass is 19.4. The van der Waals surface area contributed by atoms with Crippen LogP contribution in [-0.4, -0.2) is 20.8 Å². The van der Waals surface area contributed by atoms with Crippen LogP contribution in [0.15, 0.2) is 47.3 Å². The van der Waals surface area contributed by atoms with Gasteiger partial charge < -0.3 is 9.30 Å². The molecule has 0 bridgehead atoms. The molecule has 0 atom stereocenters. The molecule has 0 radical (unpaired) electrons. The predicted molar refractivity (Wildman–Crippen MR) is 94.3 cm³/mol. The van der Waals surface area contributed by atoms with Crippen molar-refractivity contribution in [3.63, 3.8) is 0 Å². The van der Waals surface area contributed by atoms with Gasteiger partial charge in [-0.15, -0.1) is 13.2 Å². The molecule has 0 saturated heterocycles. The molecule has 0 aliphatic carbocycles. The maximum atomic E-state index is 12.7. The van der Waals surface area contributed by atoms with Gasteiger partial charge in [-0.1, -0.05) is 19.1 Å². The Kier molecular flexibility index (Phi) is 5.04. The lowest BCUT2D eigenvalue weighted by atomic mass is 10.2. The fourth-order valence-corrected chi connectivity index (χ4v) is 2.81. The molecule has 0 N–H and O–H groups in total. The standard InChI is InChI=1S/C18H14F3N3O4/c1-2-14-17(25)23(16-7-6-12(24(26)27)9-15(16)22-14)10-11-4-3-5-13(8-11)28-18(19,20)21/h3-9H,2,10H2,1H3. The van der Waals surface area contributed by atoms with Gasteiger partial charge in [0.1, 0.15) is 11.4 Å². The number of rotatable bonds is 5. The van der Waals surface area contributed by atoms with Crippen molar-refractivity contribution < 1.29 is 22.8 Å². The minimum Gasteiger partial charge on any atom is -0.406 e. The number of nitro groups is 1. The number of halogens is 3. The van der Waals surface area contributed by atoms with Gasteiger partial charge in [0, 0.05) is 12.1 Å². The van der Waals surface area contributed by atoms with Crippen molar-refractivity contribution in [3.8, 4) is 5.75 Å². The zero-order chi connectivity index (χ0) is 20.5. The zero-order valence-electron chi connectivity index (χ0n) is 14.6. The molecule has 28 heavy (non-hydrogen) atoms. The van der Waals surface area contributed by atoms with Crippen LogP contribution in [0.1, 0.15) is 18.2 Å². The summed E-state index contributed by atoms with van der Waals surface area (Å²) < 4.78 is 42.5. The average molecular weight is 393 g/mol. The second-order valence-electron chi connectivity index (χ2n) is 5.93. The summed E-state index contributed by atoms with van der Waals surface area (Å²) in [7, 11) is 0. The van der Waals surface area contributed by atoms with Crippen molar-refractivity contribution in [1.29, 1.82) is 0 Å². The Labute approximate surface area is 156 Å². The number of benzene rings is 2. The van der Waals surface area contributed by atoms with Crippen LogP contribution < -0.4 is 10.3 Å². The van der Waals surface area contributed by atoms with Crippen LogP contribution in [0.3, 0.4) is 0 Å². The summed E-state index contributed by atoms with van der Waals surface area (Å²) in [4.78, 5) is 27.3. The maximum absolute atomic E-state index is 12.7. The molecular formula is C18H14F3N3O4. The van der Waals surface area contributed by atoms with Crippen molar-refractivity contribution >= 4 is 16.7 Å². The molecule has 0 aliphatic rings. The van der Waals surface area contributed by atoms with Crippen molar-refractivity contribution in [2.75, 3.05) is 0 Å². The summed E-state index contributed by atoms with van der Waals surface area (Å²) in [5, 5.41) is 11.0. The molecule has 0 saturated carbocycles. The average Bonchev–Trinajstić information content (AvgIpc) is 2.62. The van der Waals surface area contributed by atoms with Gasteiger partial charge >= 0.3 is 6.36 Å². The Morgan fingerprint density at radius 1 is 1.21 bits per heavy atom. The first-order valence-corrected chi connectivity index (χ1v) is 8.20. The zero-order valence-corrected chi connectivity index (χ0v) is 14.6. The highest BCUT2D eigenvalue weighted by molar-refractivity contribution is 5.77. The number of fused-ring (bicyclic) bond motifs is 1. The van der Waals surface area contributed by atoms with E-state index in [-0.39, 0.29) is 23.4 Å². The Morgan fingerprint density at radius 2 is 1.96 bits per heavy atom. The van der Waals surface area contributed by atoms with Crippen molar-refractivity contribution in [1.82, 2.24) is 9.55 Å². The second kappa shape index (κ2) is 7.29. The van der Waals surface area contributed by atoms with E-state index in [0.29, 0.717) is 17.5 Å². The lowest BCUT2D eigenvalue weighted by Gasteiger charge is -2.13.